The average Bonchev–Trinajstić information content (AvgIpc) is 2.40. The fourth-order valence-corrected chi connectivity index (χ4v) is 2.92. The molecule has 0 saturated carbocycles. The van der Waals surface area contributed by atoms with Crippen LogP contribution in [0.25, 0.3) is 0 Å². The number of hydrogen-bond donors (Lipinski definition) is 1. The summed E-state index contributed by atoms with van der Waals surface area (Å²) in [5.41, 5.74) is 0.383. The Kier molecular flexibility index (Phi) is 7.57. The van der Waals surface area contributed by atoms with Crippen LogP contribution in [-0.2, 0) is 0 Å². The largest absolute Gasteiger partial charge is 0.314 e. The SMILES string of the molecule is Cl.Fc1ccc(I)cc1[C@H](CC(F)F)N1CCNCC1. The third-order valence-electron chi connectivity index (χ3n) is 3.31. The van der Waals surface area contributed by atoms with Crippen molar-refractivity contribution in [1.82, 2.24) is 10.2 Å². The number of alkyl halides is 2. The fraction of sp³-hybridized carbons (Fsp3) is 0.538. The van der Waals surface area contributed by atoms with Crippen LogP contribution in [0, 0.1) is 9.39 Å². The van der Waals surface area contributed by atoms with Crippen LogP contribution < -0.4 is 5.32 Å². The van der Waals surface area contributed by atoms with Gasteiger partial charge in [0.1, 0.15) is 5.82 Å². The predicted molar refractivity (Wildman–Crippen MR) is 84.2 cm³/mol. The summed E-state index contributed by atoms with van der Waals surface area (Å²) >= 11 is 2.07. The first kappa shape index (κ1) is 18.0. The van der Waals surface area contributed by atoms with Gasteiger partial charge in [-0.1, -0.05) is 0 Å². The molecule has 0 radical (unpaired) electrons. The van der Waals surface area contributed by atoms with Gasteiger partial charge >= 0.3 is 0 Å². The molecule has 0 aliphatic carbocycles. The van der Waals surface area contributed by atoms with Crippen molar-refractivity contribution in [2.75, 3.05) is 26.2 Å². The lowest BCUT2D eigenvalue weighted by Crippen LogP contribution is -2.45. The molecule has 1 aliphatic heterocycles. The van der Waals surface area contributed by atoms with E-state index in [0.29, 0.717) is 18.7 Å². The summed E-state index contributed by atoms with van der Waals surface area (Å²) in [6.45, 7) is 2.85. The van der Waals surface area contributed by atoms with Gasteiger partial charge in [0, 0.05) is 47.8 Å². The zero-order valence-electron chi connectivity index (χ0n) is 10.8. The molecule has 1 aromatic rings. The molecule has 0 amide bonds. The molecule has 0 aromatic heterocycles. The maximum Gasteiger partial charge on any atom is 0.240 e. The summed E-state index contributed by atoms with van der Waals surface area (Å²) in [5.74, 6) is -0.399. The predicted octanol–water partition coefficient (Wildman–Crippen LogP) is 3.45. The highest BCUT2D eigenvalue weighted by Crippen LogP contribution is 2.30. The van der Waals surface area contributed by atoms with E-state index in [9.17, 15) is 13.2 Å². The Morgan fingerprint density at radius 3 is 2.50 bits per heavy atom. The topological polar surface area (TPSA) is 15.3 Å². The first-order chi connectivity index (χ1) is 9.08. The second-order valence-corrected chi connectivity index (χ2v) is 5.84. The molecule has 0 spiro atoms. The van der Waals surface area contributed by atoms with Crippen molar-refractivity contribution in [3.05, 3.63) is 33.1 Å². The van der Waals surface area contributed by atoms with Gasteiger partial charge in [-0.25, -0.2) is 13.2 Å². The normalized spacial score (nSPS) is 17.9. The van der Waals surface area contributed by atoms with Crippen LogP contribution in [-0.4, -0.2) is 37.5 Å². The van der Waals surface area contributed by atoms with E-state index in [1.807, 2.05) is 4.90 Å². The smallest absolute Gasteiger partial charge is 0.240 e. The van der Waals surface area contributed by atoms with Gasteiger partial charge in [-0.2, -0.15) is 0 Å². The Hall–Kier alpha value is -0.0500. The monoisotopic (exact) mass is 420 g/mol. The van der Waals surface area contributed by atoms with Gasteiger partial charge in [0.25, 0.3) is 0 Å². The van der Waals surface area contributed by atoms with Crippen molar-refractivity contribution in [3.63, 3.8) is 0 Å². The molecule has 7 heteroatoms. The molecule has 114 valence electrons. The number of hydrogen-bond acceptors (Lipinski definition) is 2. The van der Waals surface area contributed by atoms with Crippen molar-refractivity contribution < 1.29 is 13.2 Å². The van der Waals surface area contributed by atoms with Crippen molar-refractivity contribution in [1.29, 1.82) is 0 Å². The minimum absolute atomic E-state index is 0. The lowest BCUT2D eigenvalue weighted by atomic mass is 10.0. The summed E-state index contributed by atoms with van der Waals surface area (Å²) in [7, 11) is 0. The first-order valence-electron chi connectivity index (χ1n) is 6.26. The molecular weight excluding hydrogens is 404 g/mol. The van der Waals surface area contributed by atoms with E-state index in [1.54, 1.807) is 12.1 Å². The molecule has 20 heavy (non-hydrogen) atoms. The molecule has 0 unspecified atom stereocenters. The van der Waals surface area contributed by atoms with Gasteiger partial charge in [0.15, 0.2) is 0 Å². The van der Waals surface area contributed by atoms with Crippen LogP contribution in [0.2, 0.25) is 0 Å². The summed E-state index contributed by atoms with van der Waals surface area (Å²) < 4.78 is 40.4. The molecular formula is C13H17ClF3IN2. The molecule has 1 aliphatic rings. The Balaban J connectivity index is 0.00000200. The van der Waals surface area contributed by atoms with Gasteiger partial charge in [0.2, 0.25) is 6.43 Å². The van der Waals surface area contributed by atoms with Gasteiger partial charge in [-0.3, -0.25) is 4.90 Å². The van der Waals surface area contributed by atoms with E-state index in [-0.39, 0.29) is 18.8 Å². The molecule has 1 aromatic carbocycles. The zero-order valence-corrected chi connectivity index (χ0v) is 13.8. The first-order valence-corrected chi connectivity index (χ1v) is 7.33. The van der Waals surface area contributed by atoms with Crippen LogP contribution >= 0.6 is 35.0 Å². The van der Waals surface area contributed by atoms with E-state index in [2.05, 4.69) is 27.9 Å². The lowest BCUT2D eigenvalue weighted by molar-refractivity contribution is 0.0725. The Bertz CT molecular complexity index is 428. The van der Waals surface area contributed by atoms with Crippen LogP contribution in [0.3, 0.4) is 0 Å². The number of halogens is 5. The van der Waals surface area contributed by atoms with Crippen LogP contribution in [0.1, 0.15) is 18.0 Å². The average molecular weight is 421 g/mol. The molecule has 1 fully saturated rings. The molecule has 1 N–H and O–H groups in total. The van der Waals surface area contributed by atoms with E-state index in [0.717, 1.165) is 16.7 Å². The lowest BCUT2D eigenvalue weighted by Gasteiger charge is -2.35. The summed E-state index contributed by atoms with van der Waals surface area (Å²) in [6.07, 6.45) is -2.76. The van der Waals surface area contributed by atoms with Crippen LogP contribution in [0.4, 0.5) is 13.2 Å². The fourth-order valence-electron chi connectivity index (χ4n) is 2.41. The Labute approximate surface area is 136 Å². The summed E-state index contributed by atoms with van der Waals surface area (Å²) in [6, 6.07) is 4.14. The van der Waals surface area contributed by atoms with Crippen molar-refractivity contribution >= 4 is 35.0 Å². The number of nitrogens with zero attached hydrogens (tertiary/aromatic N) is 1. The highest BCUT2D eigenvalue weighted by atomic mass is 127. The highest BCUT2D eigenvalue weighted by Gasteiger charge is 2.27. The molecule has 1 saturated heterocycles. The van der Waals surface area contributed by atoms with E-state index in [1.165, 1.54) is 6.07 Å². The van der Waals surface area contributed by atoms with E-state index < -0.39 is 18.3 Å². The van der Waals surface area contributed by atoms with Gasteiger partial charge in [-0.15, -0.1) is 12.4 Å². The minimum Gasteiger partial charge on any atom is -0.314 e. The van der Waals surface area contributed by atoms with Crippen molar-refractivity contribution in [2.45, 2.75) is 18.9 Å². The Morgan fingerprint density at radius 1 is 1.25 bits per heavy atom. The minimum atomic E-state index is -2.43. The second kappa shape index (κ2) is 8.41. The quantitative estimate of drug-likeness (QED) is 0.751. The van der Waals surface area contributed by atoms with Crippen molar-refractivity contribution in [3.8, 4) is 0 Å². The molecule has 0 bridgehead atoms. The standard InChI is InChI=1S/C13H16F3IN2.ClH/c14-11-2-1-9(17)7-10(11)12(8-13(15)16)19-5-3-18-4-6-19;/h1-2,7,12-13,18H,3-6,8H2;1H/t12-;/m0./s1. The molecule has 2 nitrogen and oxygen atoms in total. The number of benzene rings is 1. The van der Waals surface area contributed by atoms with Gasteiger partial charge in [-0.05, 0) is 40.8 Å². The van der Waals surface area contributed by atoms with Crippen LogP contribution in [0.5, 0.6) is 0 Å². The Morgan fingerprint density at radius 2 is 1.90 bits per heavy atom. The maximum atomic E-state index is 13.9. The summed E-state index contributed by atoms with van der Waals surface area (Å²) in [4.78, 5) is 1.94. The van der Waals surface area contributed by atoms with E-state index >= 15 is 0 Å². The number of nitrogens with one attached hydrogen (secondary N) is 1. The summed E-state index contributed by atoms with van der Waals surface area (Å²) in [5, 5.41) is 3.18. The van der Waals surface area contributed by atoms with E-state index in [4.69, 9.17) is 0 Å². The zero-order chi connectivity index (χ0) is 13.8. The molecule has 2 rings (SSSR count). The van der Waals surface area contributed by atoms with Crippen LogP contribution in [0.15, 0.2) is 18.2 Å². The maximum absolute atomic E-state index is 13.9. The second-order valence-electron chi connectivity index (χ2n) is 4.59. The third kappa shape index (κ3) is 4.75. The third-order valence-corrected chi connectivity index (χ3v) is 3.98. The van der Waals surface area contributed by atoms with Crippen molar-refractivity contribution in [2.24, 2.45) is 0 Å². The van der Waals surface area contributed by atoms with Gasteiger partial charge < -0.3 is 5.32 Å². The number of rotatable bonds is 4. The number of piperazine rings is 1. The molecule has 1 heterocycles. The molecule has 1 atom stereocenters. The highest BCUT2D eigenvalue weighted by molar-refractivity contribution is 14.1. The van der Waals surface area contributed by atoms with Gasteiger partial charge in [0.05, 0.1) is 0 Å².